The number of benzene rings is 2. The second-order valence-electron chi connectivity index (χ2n) is 13.8. The predicted octanol–water partition coefficient (Wildman–Crippen LogP) is 4.91. The van der Waals surface area contributed by atoms with Crippen LogP contribution in [-0.2, 0) is 35.1 Å². The fraction of sp³-hybridized carbons (Fsp3) is 0.500. The fourth-order valence-corrected chi connectivity index (χ4v) is 9.12. The Balaban J connectivity index is 1.52. The highest BCUT2D eigenvalue weighted by molar-refractivity contribution is 9.09. The van der Waals surface area contributed by atoms with Crippen molar-refractivity contribution in [2.24, 2.45) is 11.8 Å². The lowest BCUT2D eigenvalue weighted by atomic mass is 9.70. The lowest BCUT2D eigenvalue weighted by molar-refractivity contribution is -0.152. The molecule has 2 bridgehead atoms. The van der Waals surface area contributed by atoms with Crippen molar-refractivity contribution in [2.75, 3.05) is 19.8 Å². The summed E-state index contributed by atoms with van der Waals surface area (Å²) in [4.78, 5) is 59.8. The topological polar surface area (TPSA) is 125 Å². The van der Waals surface area contributed by atoms with Crippen LogP contribution in [0.2, 0.25) is 0 Å². The van der Waals surface area contributed by atoms with Gasteiger partial charge in [0, 0.05) is 23.8 Å². The summed E-state index contributed by atoms with van der Waals surface area (Å²) in [6.45, 7) is 11.4. The van der Waals surface area contributed by atoms with Crippen molar-refractivity contribution in [1.29, 1.82) is 0 Å². The van der Waals surface area contributed by atoms with E-state index in [0.29, 0.717) is 19.3 Å². The summed E-state index contributed by atoms with van der Waals surface area (Å²) in [7, 11) is 0. The molecule has 0 saturated carbocycles. The summed E-state index contributed by atoms with van der Waals surface area (Å²) in [6.07, 6.45) is 5.52. The maximum Gasteiger partial charge on any atom is 0.306 e. The van der Waals surface area contributed by atoms with Crippen molar-refractivity contribution in [3.8, 4) is 0 Å². The van der Waals surface area contributed by atoms with Crippen molar-refractivity contribution < 1.29 is 33.8 Å². The van der Waals surface area contributed by atoms with Gasteiger partial charge in [0.25, 0.3) is 0 Å². The smallest absolute Gasteiger partial charge is 0.306 e. The van der Waals surface area contributed by atoms with Gasteiger partial charge in [0.05, 0.1) is 36.6 Å². The van der Waals surface area contributed by atoms with Crippen LogP contribution >= 0.6 is 15.9 Å². The van der Waals surface area contributed by atoms with Crippen molar-refractivity contribution in [1.82, 2.24) is 15.1 Å². The molecule has 2 aromatic rings. The quantitative estimate of drug-likeness (QED) is 0.126. The highest BCUT2D eigenvalue weighted by Gasteiger charge is 2.77. The molecule has 5 rings (SSSR count). The Bertz CT molecular complexity index is 1560. The van der Waals surface area contributed by atoms with Gasteiger partial charge in [-0.2, -0.15) is 0 Å². The van der Waals surface area contributed by atoms with Crippen LogP contribution in [0.3, 0.4) is 0 Å². The normalized spacial score (nSPS) is 26.5. The number of rotatable bonds is 18. The van der Waals surface area contributed by atoms with Gasteiger partial charge in [-0.25, -0.2) is 0 Å². The first kappa shape index (κ1) is 38.4. The maximum atomic E-state index is 14.9. The molecular formula is C40H50BrN3O7. The molecule has 9 atom stereocenters. The number of fused-ring (bicyclic) bond motifs is 1. The largest absolute Gasteiger partial charge is 0.463 e. The summed E-state index contributed by atoms with van der Waals surface area (Å²) in [5.74, 6) is -3.44. The van der Waals surface area contributed by atoms with E-state index >= 15 is 0 Å². The van der Waals surface area contributed by atoms with Gasteiger partial charge in [0.15, 0.2) is 0 Å². The number of aliphatic hydroxyl groups is 1. The van der Waals surface area contributed by atoms with E-state index in [-0.39, 0.29) is 48.9 Å². The third kappa shape index (κ3) is 7.85. The Morgan fingerprint density at radius 3 is 2.45 bits per heavy atom. The van der Waals surface area contributed by atoms with Crippen LogP contribution in [0.4, 0.5) is 0 Å². The molecule has 3 aliphatic rings. The Labute approximate surface area is 309 Å². The molecule has 0 aliphatic carbocycles. The number of hydrogen-bond donors (Lipinski definition) is 2. The van der Waals surface area contributed by atoms with Gasteiger partial charge in [-0.1, -0.05) is 102 Å². The van der Waals surface area contributed by atoms with Crippen LogP contribution in [0.15, 0.2) is 86.0 Å². The molecule has 1 spiro atoms. The van der Waals surface area contributed by atoms with E-state index in [2.05, 4.69) is 41.3 Å². The van der Waals surface area contributed by atoms with Crippen molar-refractivity contribution >= 4 is 39.6 Å². The molecule has 3 heterocycles. The Morgan fingerprint density at radius 2 is 1.82 bits per heavy atom. The number of ether oxygens (including phenoxy) is 2. The molecule has 274 valence electrons. The molecule has 3 aliphatic heterocycles. The SMILES string of the molecule is C=CCCC(=O)OC[C@@H](NC(=O)[C@H]1[C@@H]2O[C@@]3(CC2Br)[C@@H]1C(=O)N([C@@H](CO)Cc1ccccc1)[C@@H]3C(=O)N(CC=C)C(C)CCC)c1ccccc1. The first-order valence-electron chi connectivity index (χ1n) is 17.9. The Morgan fingerprint density at radius 1 is 1.14 bits per heavy atom. The minimum absolute atomic E-state index is 0.103. The van der Waals surface area contributed by atoms with Crippen LogP contribution in [0.1, 0.15) is 63.1 Å². The summed E-state index contributed by atoms with van der Waals surface area (Å²) in [5, 5.41) is 13.9. The van der Waals surface area contributed by atoms with Crippen molar-refractivity contribution in [3.63, 3.8) is 0 Å². The molecule has 2 N–H and O–H groups in total. The number of likely N-dealkylation sites (tertiary alicyclic amines) is 1. The second-order valence-corrected chi connectivity index (χ2v) is 15.0. The molecule has 2 unspecified atom stereocenters. The molecule has 3 fully saturated rings. The molecule has 51 heavy (non-hydrogen) atoms. The van der Waals surface area contributed by atoms with E-state index in [1.807, 2.05) is 67.6 Å². The highest BCUT2D eigenvalue weighted by atomic mass is 79.9. The van der Waals surface area contributed by atoms with E-state index in [4.69, 9.17) is 9.47 Å². The van der Waals surface area contributed by atoms with Crippen molar-refractivity contribution in [3.05, 3.63) is 97.1 Å². The number of carbonyl (C=O) groups is 4. The van der Waals surface area contributed by atoms with E-state index in [9.17, 15) is 24.3 Å². The number of amides is 3. The number of aliphatic hydroxyl groups excluding tert-OH is 1. The molecule has 2 aromatic carbocycles. The number of nitrogens with one attached hydrogen (secondary N) is 1. The van der Waals surface area contributed by atoms with Gasteiger partial charge in [-0.05, 0) is 43.7 Å². The minimum atomic E-state index is -1.32. The molecular weight excluding hydrogens is 714 g/mol. The molecule has 3 saturated heterocycles. The third-order valence-corrected chi connectivity index (χ3v) is 11.4. The number of alkyl halides is 1. The van der Waals surface area contributed by atoms with Gasteiger partial charge >= 0.3 is 5.97 Å². The predicted molar refractivity (Wildman–Crippen MR) is 198 cm³/mol. The highest BCUT2D eigenvalue weighted by Crippen LogP contribution is 2.60. The molecule has 0 radical (unpaired) electrons. The zero-order valence-electron chi connectivity index (χ0n) is 29.5. The number of esters is 1. The summed E-state index contributed by atoms with van der Waals surface area (Å²) in [5.41, 5.74) is 0.319. The first-order chi connectivity index (χ1) is 24.6. The number of halogens is 1. The Kier molecular flexibility index (Phi) is 12.9. The summed E-state index contributed by atoms with van der Waals surface area (Å²) < 4.78 is 12.4. The zero-order chi connectivity index (χ0) is 36.7. The number of hydrogen-bond acceptors (Lipinski definition) is 7. The van der Waals surface area contributed by atoms with Crippen LogP contribution in [0, 0.1) is 11.8 Å². The van der Waals surface area contributed by atoms with Gasteiger partial charge in [-0.15, -0.1) is 13.2 Å². The lowest BCUT2D eigenvalue weighted by Gasteiger charge is -2.41. The third-order valence-electron chi connectivity index (χ3n) is 10.5. The van der Waals surface area contributed by atoms with Gasteiger partial charge in [0.2, 0.25) is 17.7 Å². The monoisotopic (exact) mass is 763 g/mol. The Hall–Kier alpha value is -3.80. The van der Waals surface area contributed by atoms with Crippen LogP contribution in [-0.4, -0.2) is 93.0 Å². The molecule has 11 heteroatoms. The summed E-state index contributed by atoms with van der Waals surface area (Å²) in [6, 6.07) is 16.1. The average Bonchev–Trinajstić information content (AvgIpc) is 3.74. The van der Waals surface area contributed by atoms with Gasteiger partial charge in [0.1, 0.15) is 18.2 Å². The molecule has 10 nitrogen and oxygen atoms in total. The summed E-state index contributed by atoms with van der Waals surface area (Å²) >= 11 is 3.76. The van der Waals surface area contributed by atoms with E-state index in [1.165, 1.54) is 4.90 Å². The average molecular weight is 765 g/mol. The standard InChI is InChI=1S/C40H50BrN3O7/c1-5-8-20-32(46)50-25-31(28-18-13-10-14-19-28)42-37(47)33-34-38(48)44(29(24-45)22-27-16-11-9-12-17-27)36(40(34)23-30(41)35(33)51-40)39(49)43(21-7-3)26(4)15-6-2/h5,7,9-14,16-19,26,29-31,33-36,45H,1,3,6,8,15,20-25H2,2,4H3,(H,42,47)/t26?,29-,30?,31-,33-,34+,35-,36-,40+/m1/s1. The first-order valence-corrected chi connectivity index (χ1v) is 18.8. The van der Waals surface area contributed by atoms with Gasteiger partial charge < -0.3 is 29.7 Å². The van der Waals surface area contributed by atoms with Crippen LogP contribution in [0.25, 0.3) is 0 Å². The van der Waals surface area contributed by atoms with E-state index in [1.54, 1.807) is 17.1 Å². The zero-order valence-corrected chi connectivity index (χ0v) is 31.1. The molecule has 3 amide bonds. The fourth-order valence-electron chi connectivity index (χ4n) is 8.18. The number of allylic oxidation sites excluding steroid dienone is 1. The molecule has 0 aromatic heterocycles. The van der Waals surface area contributed by atoms with Crippen LogP contribution < -0.4 is 5.32 Å². The second kappa shape index (κ2) is 17.1. The number of nitrogens with zero attached hydrogens (tertiary/aromatic N) is 2. The minimum Gasteiger partial charge on any atom is -0.463 e. The van der Waals surface area contributed by atoms with E-state index in [0.717, 1.165) is 24.0 Å². The maximum absolute atomic E-state index is 14.9. The van der Waals surface area contributed by atoms with Crippen LogP contribution in [0.5, 0.6) is 0 Å². The van der Waals surface area contributed by atoms with E-state index < -0.39 is 53.5 Å². The number of carbonyl (C=O) groups excluding carboxylic acids is 4. The van der Waals surface area contributed by atoms with Gasteiger partial charge in [-0.3, -0.25) is 19.2 Å². The van der Waals surface area contributed by atoms with Crippen molar-refractivity contribution in [2.45, 2.75) is 93.1 Å². The lowest BCUT2D eigenvalue weighted by Crippen LogP contribution is -2.60.